The van der Waals surface area contributed by atoms with Crippen molar-refractivity contribution in [2.75, 3.05) is 25.6 Å². The summed E-state index contributed by atoms with van der Waals surface area (Å²) >= 11 is 0. The van der Waals surface area contributed by atoms with Crippen LogP contribution < -0.4 is 20.1 Å². The fourth-order valence-electron chi connectivity index (χ4n) is 3.61. The summed E-state index contributed by atoms with van der Waals surface area (Å²) in [6, 6.07) is 14.6. The number of hydrogen-bond acceptors (Lipinski definition) is 8. The average molecular weight is 572 g/mol. The number of ether oxygens (including phenoxy) is 2. The van der Waals surface area contributed by atoms with E-state index in [2.05, 4.69) is 40.5 Å². The third-order valence-electron chi connectivity index (χ3n) is 6.03. The molecule has 0 unspecified atom stereocenters. The van der Waals surface area contributed by atoms with Crippen molar-refractivity contribution in [2.24, 2.45) is 0 Å². The number of allylic oxidation sites excluding steroid dienone is 2. The Morgan fingerprint density at radius 2 is 1.90 bits per heavy atom. The van der Waals surface area contributed by atoms with Crippen LogP contribution in [0.25, 0.3) is 17.0 Å². The number of aliphatic hydroxyl groups excluding tert-OH is 1. The van der Waals surface area contributed by atoms with E-state index in [1.54, 1.807) is 6.07 Å². The van der Waals surface area contributed by atoms with Crippen molar-refractivity contribution in [3.8, 4) is 11.5 Å². The Bertz CT molecular complexity index is 1560. The monoisotopic (exact) mass is 571 g/mol. The van der Waals surface area contributed by atoms with E-state index in [9.17, 15) is 10.0 Å². The first-order chi connectivity index (χ1) is 20.2. The quantitative estimate of drug-likeness (QED) is 0.132. The maximum atomic E-state index is 11.9. The number of benzene rings is 2. The van der Waals surface area contributed by atoms with Crippen LogP contribution >= 0.6 is 0 Å². The molecular weight excluding hydrogens is 534 g/mol. The summed E-state index contributed by atoms with van der Waals surface area (Å²) < 4.78 is 11.2. The molecule has 2 aromatic heterocycles. The molecule has 0 atom stereocenters. The molecule has 10 nitrogen and oxygen atoms in total. The van der Waals surface area contributed by atoms with Crippen LogP contribution in [0, 0.1) is 12.1 Å². The summed E-state index contributed by atoms with van der Waals surface area (Å²) in [6.07, 6.45) is 8.64. The van der Waals surface area contributed by atoms with Crippen molar-refractivity contribution in [1.29, 1.82) is 0 Å². The predicted molar refractivity (Wildman–Crippen MR) is 164 cm³/mol. The highest BCUT2D eigenvalue weighted by molar-refractivity contribution is 5.92. The first-order valence-corrected chi connectivity index (χ1v) is 13.4. The van der Waals surface area contributed by atoms with E-state index in [0.717, 1.165) is 27.7 Å². The summed E-state index contributed by atoms with van der Waals surface area (Å²) in [4.78, 5) is 20.3. The van der Waals surface area contributed by atoms with Gasteiger partial charge in [0.25, 0.3) is 0 Å². The van der Waals surface area contributed by atoms with Gasteiger partial charge < -0.3 is 30.4 Å². The van der Waals surface area contributed by atoms with Gasteiger partial charge in [0.2, 0.25) is 17.8 Å². The molecule has 0 aliphatic heterocycles. The van der Waals surface area contributed by atoms with Crippen LogP contribution in [0.3, 0.4) is 0 Å². The van der Waals surface area contributed by atoms with E-state index >= 15 is 0 Å². The van der Waals surface area contributed by atoms with Gasteiger partial charge in [-0.25, -0.2) is 9.97 Å². The maximum absolute atomic E-state index is 11.9. The van der Waals surface area contributed by atoms with Crippen LogP contribution in [-0.4, -0.2) is 41.2 Å². The largest absolute Gasteiger partial charge is 0.618 e. The molecule has 42 heavy (non-hydrogen) atoms. The van der Waals surface area contributed by atoms with Crippen molar-refractivity contribution in [2.45, 2.75) is 34.3 Å². The number of pyridine rings is 1. The van der Waals surface area contributed by atoms with Gasteiger partial charge in [0.1, 0.15) is 31.1 Å². The van der Waals surface area contributed by atoms with Crippen LogP contribution in [0.5, 0.6) is 11.5 Å². The minimum absolute atomic E-state index is 0.0284. The number of hydrogen-bond donors (Lipinski definition) is 3. The molecule has 4 rings (SSSR count). The molecule has 2 aromatic carbocycles. The van der Waals surface area contributed by atoms with Crippen LogP contribution in [0.1, 0.15) is 37.6 Å². The molecule has 0 radical (unpaired) electrons. The number of aryl methyl sites for hydroxylation is 1. The summed E-state index contributed by atoms with van der Waals surface area (Å²) in [5.41, 5.74) is 5.01. The number of aromatic nitrogens is 3. The second-order valence-corrected chi connectivity index (χ2v) is 9.55. The molecule has 220 valence electrons. The molecule has 1 amide bonds. The minimum Gasteiger partial charge on any atom is -0.618 e. The predicted octanol–water partition coefficient (Wildman–Crippen LogP) is 5.35. The molecule has 0 fully saturated rings. The molecule has 0 saturated carbocycles. The normalized spacial score (nSPS) is 10.6. The van der Waals surface area contributed by atoms with Gasteiger partial charge in [-0.1, -0.05) is 29.9 Å². The van der Waals surface area contributed by atoms with Crippen molar-refractivity contribution in [3.63, 3.8) is 0 Å². The highest BCUT2D eigenvalue weighted by Gasteiger charge is 2.10. The van der Waals surface area contributed by atoms with Gasteiger partial charge in [0.15, 0.2) is 5.75 Å². The van der Waals surface area contributed by atoms with Crippen LogP contribution in [0.2, 0.25) is 0 Å². The lowest BCUT2D eigenvalue weighted by Crippen LogP contribution is -2.31. The van der Waals surface area contributed by atoms with Crippen molar-refractivity contribution in [3.05, 3.63) is 101 Å². The standard InChI is InChI=1S/C27H27N5O5.C5H10/c1-18-12-20(6-10-25(18)37-22-8-7-21(15-33)32(35)14-22)31-27-23-13-19(5-9-24(23)29-17-30-27)4-3-11-28-26(34)16-36-2;1-4-5(2)3/h3-10,12-14,17,33H,11,15-16H2,1-2H3,(H,28,34)(H,29,30,31);4H,1-3H3. The molecule has 2 heterocycles. The van der Waals surface area contributed by atoms with Crippen LogP contribution in [0.15, 0.2) is 78.8 Å². The lowest BCUT2D eigenvalue weighted by Gasteiger charge is -2.13. The molecule has 3 N–H and O–H groups in total. The Morgan fingerprint density at radius 1 is 1.12 bits per heavy atom. The molecule has 0 saturated heterocycles. The number of aliphatic hydroxyl groups is 1. The van der Waals surface area contributed by atoms with Crippen LogP contribution in [-0.2, 0) is 16.1 Å². The Balaban J connectivity index is 0.000000892. The van der Waals surface area contributed by atoms with Gasteiger partial charge in [-0.15, -0.1) is 0 Å². The summed E-state index contributed by atoms with van der Waals surface area (Å²) in [5.74, 6) is 1.44. The Hall–Kier alpha value is -4.80. The topological polar surface area (TPSA) is 133 Å². The highest BCUT2D eigenvalue weighted by atomic mass is 16.5. The van der Waals surface area contributed by atoms with Crippen molar-refractivity contribution in [1.82, 2.24) is 15.3 Å². The van der Waals surface area contributed by atoms with Crippen molar-refractivity contribution >= 4 is 34.4 Å². The zero-order valence-electron chi connectivity index (χ0n) is 24.5. The molecule has 0 aliphatic carbocycles. The lowest BCUT2D eigenvalue weighted by atomic mass is 10.1. The molecule has 10 heteroatoms. The van der Waals surface area contributed by atoms with E-state index < -0.39 is 0 Å². The van der Waals surface area contributed by atoms with E-state index in [1.165, 1.54) is 31.3 Å². The van der Waals surface area contributed by atoms with Gasteiger partial charge >= 0.3 is 0 Å². The van der Waals surface area contributed by atoms with Gasteiger partial charge in [-0.3, -0.25) is 4.79 Å². The molecule has 0 bridgehead atoms. The average Bonchev–Trinajstić information content (AvgIpc) is 2.97. The van der Waals surface area contributed by atoms with Crippen LogP contribution in [0.4, 0.5) is 11.5 Å². The molecule has 4 aromatic rings. The second kappa shape index (κ2) is 15.8. The second-order valence-electron chi connectivity index (χ2n) is 9.55. The van der Waals surface area contributed by atoms with Gasteiger partial charge in [-0.2, -0.15) is 4.73 Å². The number of nitrogens with zero attached hydrogens (tertiary/aromatic N) is 3. The summed E-state index contributed by atoms with van der Waals surface area (Å²) in [5, 5.41) is 28.0. The number of anilines is 2. The van der Waals surface area contributed by atoms with Gasteiger partial charge in [0.05, 0.1) is 5.52 Å². The number of carbonyl (C=O) groups excluding carboxylic acids is 1. The number of fused-ring (bicyclic) bond motifs is 1. The molecule has 0 aliphatic rings. The number of rotatable bonds is 10. The highest BCUT2D eigenvalue weighted by Crippen LogP contribution is 2.30. The molecular formula is C32H37N5O5. The van der Waals surface area contributed by atoms with E-state index in [1.807, 2.05) is 62.4 Å². The third-order valence-corrected chi connectivity index (χ3v) is 6.03. The number of nitrogens with one attached hydrogen (secondary N) is 2. The lowest BCUT2D eigenvalue weighted by molar-refractivity contribution is -0.616. The SMILES string of the molecule is CC=C(C)C.COCC(=O)NCC=Cc1ccc2ncnc(Nc3ccc(Oc4ccc(CO)[n+]([O-])c4)c(C)c3)c2c1. The number of amides is 1. The number of methoxy groups -OCH3 is 1. The smallest absolute Gasteiger partial charge is 0.246 e. The van der Waals surface area contributed by atoms with Gasteiger partial charge in [0, 0.05) is 30.8 Å². The Morgan fingerprint density at radius 3 is 2.57 bits per heavy atom. The summed E-state index contributed by atoms with van der Waals surface area (Å²) in [6.45, 7) is 8.19. The zero-order valence-corrected chi connectivity index (χ0v) is 24.5. The third kappa shape index (κ3) is 9.39. The Labute approximate surface area is 245 Å². The minimum atomic E-state index is -0.341. The zero-order chi connectivity index (χ0) is 30.5. The van der Waals surface area contributed by atoms with Crippen molar-refractivity contribution < 1.29 is 24.1 Å². The fourth-order valence-corrected chi connectivity index (χ4v) is 3.61. The fraction of sp³-hybridized carbons (Fsp3) is 0.250. The first-order valence-electron chi connectivity index (χ1n) is 13.4. The van der Waals surface area contributed by atoms with E-state index in [0.29, 0.717) is 28.6 Å². The van der Waals surface area contributed by atoms with Gasteiger partial charge in [-0.05, 0) is 75.2 Å². The first kappa shape index (κ1) is 31.7. The number of carbonyl (C=O) groups is 1. The Kier molecular flexibility index (Phi) is 12.0. The maximum Gasteiger partial charge on any atom is 0.246 e. The van der Waals surface area contributed by atoms with E-state index in [-0.39, 0.29) is 24.8 Å². The molecule has 0 spiro atoms. The summed E-state index contributed by atoms with van der Waals surface area (Å²) in [7, 11) is 1.48. The van der Waals surface area contributed by atoms with E-state index in [4.69, 9.17) is 14.6 Å².